The average Bonchev–Trinajstić information content (AvgIpc) is 3.07. The van der Waals surface area contributed by atoms with Crippen LogP contribution < -0.4 is 10.1 Å². The maximum absolute atomic E-state index is 12.3. The van der Waals surface area contributed by atoms with Crippen LogP contribution in [-0.2, 0) is 17.8 Å². The van der Waals surface area contributed by atoms with Crippen LogP contribution in [0.25, 0.3) is 10.2 Å². The molecule has 7 heteroatoms. The molecular formula is C19H21N3O2S2. The molecule has 3 rings (SSSR count). The first-order valence-corrected chi connectivity index (χ1v) is 10.2. The van der Waals surface area contributed by atoms with Gasteiger partial charge in [0.05, 0.1) is 12.9 Å². The highest BCUT2D eigenvalue weighted by Crippen LogP contribution is 2.31. The number of amides is 1. The van der Waals surface area contributed by atoms with Gasteiger partial charge >= 0.3 is 0 Å². The highest BCUT2D eigenvalue weighted by Gasteiger charge is 2.12. The number of fused-ring (bicyclic) bond motifs is 1. The fourth-order valence-electron chi connectivity index (χ4n) is 2.56. The van der Waals surface area contributed by atoms with E-state index >= 15 is 0 Å². The van der Waals surface area contributed by atoms with Crippen LogP contribution in [0.4, 0.5) is 0 Å². The fourth-order valence-corrected chi connectivity index (χ4v) is 4.51. The lowest BCUT2D eigenvalue weighted by Crippen LogP contribution is -2.24. The standard InChI is InChI=1S/C19H21N3O2S2/c1-4-14-9-15-18(21-12(2)22-19(15)26-14)25-11-17(23)20-10-13-7-5-6-8-16(13)24-3/h5-9H,4,10-11H2,1-3H3,(H,20,23). The third-order valence-corrected chi connectivity index (χ3v) is 6.04. The van der Waals surface area contributed by atoms with Crippen LogP contribution in [0, 0.1) is 6.92 Å². The molecule has 3 aromatic rings. The number of carbonyl (C=O) groups excluding carboxylic acids is 1. The summed E-state index contributed by atoms with van der Waals surface area (Å²) in [7, 11) is 1.63. The maximum Gasteiger partial charge on any atom is 0.230 e. The number of para-hydroxylation sites is 1. The molecule has 0 aliphatic carbocycles. The number of carbonyl (C=O) groups is 1. The van der Waals surface area contributed by atoms with Gasteiger partial charge in [0.15, 0.2) is 0 Å². The van der Waals surface area contributed by atoms with Crippen LogP contribution in [0.2, 0.25) is 0 Å². The van der Waals surface area contributed by atoms with Gasteiger partial charge in [-0.1, -0.05) is 36.9 Å². The molecule has 5 nitrogen and oxygen atoms in total. The molecule has 0 bridgehead atoms. The lowest BCUT2D eigenvalue weighted by atomic mass is 10.2. The fraction of sp³-hybridized carbons (Fsp3) is 0.316. The number of thioether (sulfide) groups is 1. The largest absolute Gasteiger partial charge is 0.496 e. The number of nitrogens with one attached hydrogen (secondary N) is 1. The Labute approximate surface area is 161 Å². The third kappa shape index (κ3) is 4.34. The van der Waals surface area contributed by atoms with Crippen molar-refractivity contribution < 1.29 is 9.53 Å². The number of hydrogen-bond donors (Lipinski definition) is 1. The Morgan fingerprint density at radius 2 is 2.12 bits per heavy atom. The lowest BCUT2D eigenvalue weighted by Gasteiger charge is -2.09. The van der Waals surface area contributed by atoms with E-state index in [1.165, 1.54) is 16.6 Å². The van der Waals surface area contributed by atoms with Crippen molar-refractivity contribution in [2.75, 3.05) is 12.9 Å². The second-order valence-electron chi connectivity index (χ2n) is 5.74. The zero-order chi connectivity index (χ0) is 18.5. The molecule has 0 unspecified atom stereocenters. The highest BCUT2D eigenvalue weighted by atomic mass is 32.2. The molecular weight excluding hydrogens is 366 g/mol. The van der Waals surface area contributed by atoms with E-state index in [1.807, 2.05) is 31.2 Å². The van der Waals surface area contributed by atoms with Gasteiger partial charge in [-0.05, 0) is 25.5 Å². The molecule has 26 heavy (non-hydrogen) atoms. The summed E-state index contributed by atoms with van der Waals surface area (Å²) in [5, 5.41) is 4.86. The van der Waals surface area contributed by atoms with Crippen LogP contribution in [-0.4, -0.2) is 28.7 Å². The van der Waals surface area contributed by atoms with Crippen molar-refractivity contribution in [1.29, 1.82) is 0 Å². The van der Waals surface area contributed by atoms with Crippen molar-refractivity contribution in [1.82, 2.24) is 15.3 Å². The number of aromatic nitrogens is 2. The van der Waals surface area contributed by atoms with Gasteiger partial charge < -0.3 is 10.1 Å². The van der Waals surface area contributed by atoms with Crippen LogP contribution in [0.5, 0.6) is 5.75 Å². The molecule has 0 spiro atoms. The van der Waals surface area contributed by atoms with Crippen molar-refractivity contribution in [2.45, 2.75) is 31.8 Å². The summed E-state index contributed by atoms with van der Waals surface area (Å²) in [6, 6.07) is 9.81. The number of methoxy groups -OCH3 is 1. The predicted molar refractivity (Wildman–Crippen MR) is 107 cm³/mol. The molecule has 0 aliphatic heterocycles. The number of aryl methyl sites for hydroxylation is 2. The van der Waals surface area contributed by atoms with Crippen molar-refractivity contribution >= 4 is 39.2 Å². The van der Waals surface area contributed by atoms with E-state index in [9.17, 15) is 4.79 Å². The van der Waals surface area contributed by atoms with E-state index in [0.29, 0.717) is 12.3 Å². The zero-order valence-electron chi connectivity index (χ0n) is 15.0. The van der Waals surface area contributed by atoms with Gasteiger partial charge in [-0.2, -0.15) is 0 Å². The highest BCUT2D eigenvalue weighted by molar-refractivity contribution is 8.00. The summed E-state index contributed by atoms with van der Waals surface area (Å²) in [4.78, 5) is 23.6. The molecule has 0 atom stereocenters. The molecule has 136 valence electrons. The Morgan fingerprint density at radius 3 is 2.88 bits per heavy atom. The SMILES string of the molecule is CCc1cc2c(SCC(=O)NCc3ccccc3OC)nc(C)nc2s1. The Hall–Kier alpha value is -2.12. The van der Waals surface area contributed by atoms with Crippen LogP contribution in [0.1, 0.15) is 23.2 Å². The monoisotopic (exact) mass is 387 g/mol. The van der Waals surface area contributed by atoms with Gasteiger partial charge in [-0.3, -0.25) is 4.79 Å². The topological polar surface area (TPSA) is 64.1 Å². The summed E-state index contributed by atoms with van der Waals surface area (Å²) in [5.74, 6) is 1.80. The van der Waals surface area contributed by atoms with Crippen LogP contribution in [0.3, 0.4) is 0 Å². The van der Waals surface area contributed by atoms with E-state index in [2.05, 4.69) is 28.3 Å². The minimum absolute atomic E-state index is 0.0312. The summed E-state index contributed by atoms with van der Waals surface area (Å²) in [6.07, 6.45) is 0.976. The first-order valence-electron chi connectivity index (χ1n) is 8.39. The molecule has 0 radical (unpaired) electrons. The molecule has 0 fully saturated rings. The first-order chi connectivity index (χ1) is 12.6. The van der Waals surface area contributed by atoms with E-state index < -0.39 is 0 Å². The Balaban J connectivity index is 1.64. The smallest absolute Gasteiger partial charge is 0.230 e. The van der Waals surface area contributed by atoms with E-state index in [-0.39, 0.29) is 5.91 Å². The Morgan fingerprint density at radius 1 is 1.31 bits per heavy atom. The van der Waals surface area contributed by atoms with Gasteiger partial charge in [0.2, 0.25) is 5.91 Å². The van der Waals surface area contributed by atoms with Gasteiger partial charge in [0.25, 0.3) is 0 Å². The summed E-state index contributed by atoms with van der Waals surface area (Å²) < 4.78 is 5.31. The molecule has 1 amide bonds. The molecule has 0 saturated heterocycles. The lowest BCUT2D eigenvalue weighted by molar-refractivity contribution is -0.118. The summed E-state index contributed by atoms with van der Waals surface area (Å²) in [6.45, 7) is 4.46. The molecule has 0 saturated carbocycles. The third-order valence-electron chi connectivity index (χ3n) is 3.88. The second-order valence-corrected chi connectivity index (χ2v) is 7.82. The molecule has 2 aromatic heterocycles. The quantitative estimate of drug-likeness (QED) is 0.491. The summed E-state index contributed by atoms with van der Waals surface area (Å²) in [5.41, 5.74) is 0.957. The number of benzene rings is 1. The molecule has 2 heterocycles. The van der Waals surface area contributed by atoms with E-state index in [4.69, 9.17) is 4.74 Å². The van der Waals surface area contributed by atoms with Crippen LogP contribution >= 0.6 is 23.1 Å². The normalized spacial score (nSPS) is 10.9. The zero-order valence-corrected chi connectivity index (χ0v) is 16.7. The number of ether oxygens (including phenoxy) is 1. The number of rotatable bonds is 7. The Bertz CT molecular complexity index is 924. The maximum atomic E-state index is 12.3. The molecule has 0 aliphatic rings. The van der Waals surface area contributed by atoms with Crippen molar-refractivity contribution in [3.05, 3.63) is 46.6 Å². The van der Waals surface area contributed by atoms with Crippen molar-refractivity contribution in [2.24, 2.45) is 0 Å². The predicted octanol–water partition coefficient (Wildman–Crippen LogP) is 3.98. The van der Waals surface area contributed by atoms with Crippen molar-refractivity contribution in [3.63, 3.8) is 0 Å². The minimum atomic E-state index is -0.0312. The van der Waals surface area contributed by atoms with Crippen molar-refractivity contribution in [3.8, 4) is 5.75 Å². The number of hydrogen-bond acceptors (Lipinski definition) is 6. The first kappa shape index (κ1) is 18.7. The van der Waals surface area contributed by atoms with Crippen LogP contribution in [0.15, 0.2) is 35.4 Å². The minimum Gasteiger partial charge on any atom is -0.496 e. The second kappa shape index (κ2) is 8.51. The van der Waals surface area contributed by atoms with Gasteiger partial charge in [0, 0.05) is 22.4 Å². The average molecular weight is 388 g/mol. The van der Waals surface area contributed by atoms with E-state index in [1.54, 1.807) is 18.4 Å². The van der Waals surface area contributed by atoms with E-state index in [0.717, 1.165) is 38.8 Å². The van der Waals surface area contributed by atoms with Gasteiger partial charge in [0.1, 0.15) is 21.4 Å². The van der Waals surface area contributed by atoms with Gasteiger partial charge in [-0.15, -0.1) is 11.3 Å². The van der Waals surface area contributed by atoms with Gasteiger partial charge in [-0.25, -0.2) is 9.97 Å². The Kier molecular flexibility index (Phi) is 6.11. The summed E-state index contributed by atoms with van der Waals surface area (Å²) >= 11 is 3.15. The number of thiophene rings is 1. The molecule has 1 N–H and O–H groups in total. The molecule has 1 aromatic carbocycles. The number of nitrogens with zero attached hydrogens (tertiary/aromatic N) is 2.